The third-order valence-electron chi connectivity index (χ3n) is 2.60. The average molecular weight is 171 g/mol. The van der Waals surface area contributed by atoms with Crippen LogP contribution in [0, 0.1) is 0 Å². The molecule has 1 atom stereocenters. The zero-order chi connectivity index (χ0) is 8.97. The summed E-state index contributed by atoms with van der Waals surface area (Å²) in [7, 11) is 2.20. The van der Waals surface area contributed by atoms with Gasteiger partial charge in [0.1, 0.15) is 0 Å². The van der Waals surface area contributed by atoms with Gasteiger partial charge in [-0.25, -0.2) is 0 Å². The quantitative estimate of drug-likeness (QED) is 0.633. The van der Waals surface area contributed by atoms with E-state index in [1.807, 2.05) is 0 Å². The van der Waals surface area contributed by atoms with E-state index in [9.17, 15) is 0 Å². The van der Waals surface area contributed by atoms with Crippen molar-refractivity contribution in [2.45, 2.75) is 19.4 Å². The highest BCUT2D eigenvalue weighted by atomic mass is 15.2. The molecule has 1 rings (SSSR count). The summed E-state index contributed by atoms with van der Waals surface area (Å²) < 4.78 is 0. The molecule has 0 aliphatic carbocycles. The number of hydrogen-bond acceptors (Lipinski definition) is 3. The zero-order valence-corrected chi connectivity index (χ0v) is 8.29. The molecular formula is C9H21N3. The minimum absolute atomic E-state index is 0.668. The monoisotopic (exact) mass is 171 g/mol. The van der Waals surface area contributed by atoms with Gasteiger partial charge in [0.25, 0.3) is 0 Å². The Morgan fingerprint density at radius 2 is 2.17 bits per heavy atom. The fourth-order valence-corrected chi connectivity index (χ4v) is 1.92. The Morgan fingerprint density at radius 1 is 1.42 bits per heavy atom. The van der Waals surface area contributed by atoms with Gasteiger partial charge in [-0.1, -0.05) is 0 Å². The minimum atomic E-state index is 0.668. The van der Waals surface area contributed by atoms with E-state index in [4.69, 9.17) is 5.73 Å². The molecule has 0 aromatic carbocycles. The lowest BCUT2D eigenvalue weighted by Gasteiger charge is -2.27. The van der Waals surface area contributed by atoms with Crippen LogP contribution in [0.25, 0.3) is 0 Å². The second-order valence-corrected chi connectivity index (χ2v) is 3.79. The number of likely N-dealkylation sites (N-methyl/N-ethyl adjacent to an activating group) is 1. The zero-order valence-electron chi connectivity index (χ0n) is 8.29. The number of nitrogens with zero attached hydrogens (tertiary/aromatic N) is 2. The molecule has 12 heavy (non-hydrogen) atoms. The van der Waals surface area contributed by atoms with E-state index in [-0.39, 0.29) is 0 Å². The van der Waals surface area contributed by atoms with Crippen molar-refractivity contribution in [3.63, 3.8) is 0 Å². The van der Waals surface area contributed by atoms with Gasteiger partial charge in [-0.3, -0.25) is 4.90 Å². The molecule has 1 unspecified atom stereocenters. The first kappa shape index (κ1) is 9.96. The van der Waals surface area contributed by atoms with E-state index in [1.165, 1.54) is 26.1 Å². The molecule has 0 bridgehead atoms. The Bertz CT molecular complexity index is 127. The maximum atomic E-state index is 5.55. The minimum Gasteiger partial charge on any atom is -0.329 e. The van der Waals surface area contributed by atoms with E-state index in [2.05, 4.69) is 23.8 Å². The van der Waals surface area contributed by atoms with Crippen molar-refractivity contribution in [2.24, 2.45) is 5.73 Å². The summed E-state index contributed by atoms with van der Waals surface area (Å²) in [6.07, 6.45) is 1.28. The molecule has 1 aliphatic heterocycles. The third-order valence-corrected chi connectivity index (χ3v) is 2.60. The van der Waals surface area contributed by atoms with E-state index in [1.54, 1.807) is 0 Å². The van der Waals surface area contributed by atoms with Crippen LogP contribution in [0.1, 0.15) is 13.3 Å². The van der Waals surface area contributed by atoms with Gasteiger partial charge >= 0.3 is 0 Å². The predicted molar refractivity (Wildman–Crippen MR) is 52.2 cm³/mol. The summed E-state index contributed by atoms with van der Waals surface area (Å²) >= 11 is 0. The Hall–Kier alpha value is -0.120. The van der Waals surface area contributed by atoms with Gasteiger partial charge in [0.05, 0.1) is 0 Å². The molecule has 72 valence electrons. The molecule has 0 radical (unpaired) electrons. The largest absolute Gasteiger partial charge is 0.329 e. The highest BCUT2D eigenvalue weighted by Gasteiger charge is 2.17. The number of hydrogen-bond donors (Lipinski definition) is 1. The van der Waals surface area contributed by atoms with Gasteiger partial charge in [0.2, 0.25) is 0 Å². The van der Waals surface area contributed by atoms with Crippen molar-refractivity contribution >= 4 is 0 Å². The van der Waals surface area contributed by atoms with Crippen LogP contribution in [0.15, 0.2) is 0 Å². The van der Waals surface area contributed by atoms with Crippen LogP contribution in [0.2, 0.25) is 0 Å². The topological polar surface area (TPSA) is 32.5 Å². The Balaban J connectivity index is 2.40. The summed E-state index contributed by atoms with van der Waals surface area (Å²) in [5.41, 5.74) is 5.55. The molecular weight excluding hydrogens is 150 g/mol. The van der Waals surface area contributed by atoms with E-state index < -0.39 is 0 Å². The second-order valence-electron chi connectivity index (χ2n) is 3.79. The maximum Gasteiger partial charge on any atom is 0.0195 e. The van der Waals surface area contributed by atoms with Gasteiger partial charge in [-0.2, -0.15) is 0 Å². The van der Waals surface area contributed by atoms with Crippen LogP contribution in [-0.4, -0.2) is 55.6 Å². The van der Waals surface area contributed by atoms with Gasteiger partial charge in [-0.15, -0.1) is 0 Å². The maximum absolute atomic E-state index is 5.55. The smallest absolute Gasteiger partial charge is 0.0195 e. The summed E-state index contributed by atoms with van der Waals surface area (Å²) in [5, 5.41) is 0. The lowest BCUT2D eigenvalue weighted by atomic mass is 10.3. The van der Waals surface area contributed by atoms with Gasteiger partial charge in [-0.05, 0) is 33.5 Å². The van der Waals surface area contributed by atoms with Crippen LogP contribution in [0.4, 0.5) is 0 Å². The average Bonchev–Trinajstić information content (AvgIpc) is 2.15. The lowest BCUT2D eigenvalue weighted by Crippen LogP contribution is -2.40. The highest BCUT2D eigenvalue weighted by Crippen LogP contribution is 2.06. The SMILES string of the molecule is CC1CN(C)CCCN1CCN. The first-order valence-corrected chi connectivity index (χ1v) is 4.86. The van der Waals surface area contributed by atoms with Gasteiger partial charge < -0.3 is 10.6 Å². The highest BCUT2D eigenvalue weighted by molar-refractivity contribution is 4.74. The molecule has 1 fully saturated rings. The van der Waals surface area contributed by atoms with Crippen molar-refractivity contribution in [3.05, 3.63) is 0 Å². The summed E-state index contributed by atoms with van der Waals surface area (Å²) in [4.78, 5) is 4.89. The standard InChI is InChI=1S/C9H21N3/c1-9-8-11(2)5-3-6-12(9)7-4-10/h9H,3-8,10H2,1-2H3. The van der Waals surface area contributed by atoms with Crippen molar-refractivity contribution in [1.82, 2.24) is 9.80 Å². The fourth-order valence-electron chi connectivity index (χ4n) is 1.92. The summed E-state index contributed by atoms with van der Waals surface area (Å²) in [5.74, 6) is 0. The third kappa shape index (κ3) is 2.73. The summed E-state index contributed by atoms with van der Waals surface area (Å²) in [6.45, 7) is 7.74. The van der Waals surface area contributed by atoms with Crippen molar-refractivity contribution in [1.29, 1.82) is 0 Å². The second kappa shape index (κ2) is 4.80. The molecule has 2 N–H and O–H groups in total. The normalized spacial score (nSPS) is 28.8. The van der Waals surface area contributed by atoms with Gasteiger partial charge in [0.15, 0.2) is 0 Å². The number of rotatable bonds is 2. The first-order valence-electron chi connectivity index (χ1n) is 4.86. The molecule has 0 saturated carbocycles. The summed E-state index contributed by atoms with van der Waals surface area (Å²) in [6, 6.07) is 0.668. The molecule has 3 heteroatoms. The fraction of sp³-hybridized carbons (Fsp3) is 1.00. The molecule has 0 aromatic heterocycles. The number of nitrogens with two attached hydrogens (primary N) is 1. The first-order chi connectivity index (χ1) is 5.74. The van der Waals surface area contributed by atoms with Crippen LogP contribution < -0.4 is 5.73 Å². The van der Waals surface area contributed by atoms with Crippen LogP contribution in [-0.2, 0) is 0 Å². The molecule has 1 heterocycles. The van der Waals surface area contributed by atoms with Crippen LogP contribution in [0.3, 0.4) is 0 Å². The van der Waals surface area contributed by atoms with Gasteiger partial charge in [0, 0.05) is 25.7 Å². The van der Waals surface area contributed by atoms with E-state index in [0.717, 1.165) is 13.1 Å². The molecule has 0 amide bonds. The molecule has 3 nitrogen and oxygen atoms in total. The van der Waals surface area contributed by atoms with Crippen LogP contribution >= 0.6 is 0 Å². The molecule has 0 spiro atoms. The lowest BCUT2D eigenvalue weighted by molar-refractivity contribution is 0.207. The predicted octanol–water partition coefficient (Wildman–Crippen LogP) is -0.0289. The molecule has 1 saturated heterocycles. The van der Waals surface area contributed by atoms with E-state index in [0.29, 0.717) is 6.04 Å². The van der Waals surface area contributed by atoms with Crippen molar-refractivity contribution in [3.8, 4) is 0 Å². The molecule has 0 aromatic rings. The Kier molecular flexibility index (Phi) is 3.98. The van der Waals surface area contributed by atoms with E-state index >= 15 is 0 Å². The van der Waals surface area contributed by atoms with Crippen LogP contribution in [0.5, 0.6) is 0 Å². The van der Waals surface area contributed by atoms with Crippen molar-refractivity contribution < 1.29 is 0 Å². The Morgan fingerprint density at radius 3 is 2.83 bits per heavy atom. The van der Waals surface area contributed by atoms with Crippen molar-refractivity contribution in [2.75, 3.05) is 39.8 Å². The Labute approximate surface area is 75.5 Å². The molecule has 1 aliphatic rings.